The largest absolute Gasteiger partial charge is 0.489 e. The molecule has 0 aliphatic heterocycles. The Morgan fingerprint density at radius 2 is 1.54 bits per heavy atom. The first-order valence-electron chi connectivity index (χ1n) is 8.18. The topological polar surface area (TPSA) is 47.6 Å². The Morgan fingerprint density at radius 3 is 2.12 bits per heavy atom. The van der Waals surface area contributed by atoms with Crippen molar-refractivity contribution in [3.05, 3.63) is 53.6 Å². The Kier molecular flexibility index (Phi) is 6.24. The summed E-state index contributed by atoms with van der Waals surface area (Å²) in [6, 6.07) is 13.3. The number of carbonyl (C=O) groups is 1. The molecule has 0 spiro atoms. The van der Waals surface area contributed by atoms with Crippen molar-refractivity contribution in [3.63, 3.8) is 0 Å². The standard InChI is InChI=1S/C20H25NO3/c1-14(2)12-23-17-10-5-6-11-18(17)24-13-19(22)21-20-15(3)8-7-9-16(20)4/h5-11,14H,12-13H2,1-4H3,(H,21,22). The average molecular weight is 327 g/mol. The lowest BCUT2D eigenvalue weighted by Gasteiger charge is -2.15. The fraction of sp³-hybridized carbons (Fsp3) is 0.350. The van der Waals surface area contributed by atoms with Crippen molar-refractivity contribution in [3.8, 4) is 11.5 Å². The Hall–Kier alpha value is -2.49. The number of hydrogen-bond acceptors (Lipinski definition) is 3. The summed E-state index contributed by atoms with van der Waals surface area (Å²) in [4.78, 5) is 12.2. The highest BCUT2D eigenvalue weighted by Gasteiger charge is 2.10. The number of anilines is 1. The van der Waals surface area contributed by atoms with Crippen molar-refractivity contribution in [1.82, 2.24) is 0 Å². The van der Waals surface area contributed by atoms with Crippen LogP contribution >= 0.6 is 0 Å². The van der Waals surface area contributed by atoms with Gasteiger partial charge < -0.3 is 14.8 Å². The normalized spacial score (nSPS) is 10.5. The maximum atomic E-state index is 12.2. The first-order valence-corrected chi connectivity index (χ1v) is 8.18. The van der Waals surface area contributed by atoms with Crippen molar-refractivity contribution >= 4 is 11.6 Å². The van der Waals surface area contributed by atoms with E-state index < -0.39 is 0 Å². The molecule has 0 aliphatic rings. The molecule has 2 rings (SSSR count). The molecule has 0 aliphatic carbocycles. The zero-order valence-electron chi connectivity index (χ0n) is 14.8. The van der Waals surface area contributed by atoms with Crippen molar-refractivity contribution in [1.29, 1.82) is 0 Å². The number of para-hydroxylation sites is 3. The van der Waals surface area contributed by atoms with Gasteiger partial charge in [0.1, 0.15) is 0 Å². The van der Waals surface area contributed by atoms with Gasteiger partial charge in [-0.1, -0.05) is 44.2 Å². The molecule has 2 aromatic rings. The smallest absolute Gasteiger partial charge is 0.262 e. The van der Waals surface area contributed by atoms with Crippen LogP contribution in [-0.4, -0.2) is 19.1 Å². The van der Waals surface area contributed by atoms with Crippen LogP contribution in [0.5, 0.6) is 11.5 Å². The van der Waals surface area contributed by atoms with Crippen LogP contribution < -0.4 is 14.8 Å². The third kappa shape index (κ3) is 5.01. The van der Waals surface area contributed by atoms with E-state index in [0.717, 1.165) is 16.8 Å². The Balaban J connectivity index is 1.97. The van der Waals surface area contributed by atoms with Gasteiger partial charge in [0.25, 0.3) is 5.91 Å². The van der Waals surface area contributed by atoms with E-state index in [4.69, 9.17) is 9.47 Å². The molecule has 0 aromatic heterocycles. The van der Waals surface area contributed by atoms with Gasteiger partial charge in [0, 0.05) is 5.69 Å². The van der Waals surface area contributed by atoms with E-state index in [1.807, 2.05) is 56.3 Å². The molecule has 4 nitrogen and oxygen atoms in total. The van der Waals surface area contributed by atoms with Crippen LogP contribution in [0.1, 0.15) is 25.0 Å². The molecule has 1 amide bonds. The second-order valence-electron chi connectivity index (χ2n) is 6.26. The van der Waals surface area contributed by atoms with Crippen molar-refractivity contribution in [2.45, 2.75) is 27.7 Å². The third-order valence-electron chi connectivity index (χ3n) is 3.53. The summed E-state index contributed by atoms with van der Waals surface area (Å²) in [5, 5.41) is 2.91. The molecular formula is C20H25NO3. The van der Waals surface area contributed by atoms with Crippen LogP contribution in [-0.2, 0) is 4.79 Å². The summed E-state index contributed by atoms with van der Waals surface area (Å²) in [6.07, 6.45) is 0. The summed E-state index contributed by atoms with van der Waals surface area (Å²) in [6.45, 7) is 8.66. The first-order chi connectivity index (χ1) is 11.5. The van der Waals surface area contributed by atoms with Gasteiger partial charge in [-0.2, -0.15) is 0 Å². The second-order valence-corrected chi connectivity index (χ2v) is 6.26. The van der Waals surface area contributed by atoms with Gasteiger partial charge in [0.05, 0.1) is 6.61 Å². The number of amides is 1. The molecule has 0 unspecified atom stereocenters. The minimum Gasteiger partial charge on any atom is -0.489 e. The number of carbonyl (C=O) groups excluding carboxylic acids is 1. The van der Waals surface area contributed by atoms with Gasteiger partial charge in [-0.3, -0.25) is 4.79 Å². The summed E-state index contributed by atoms with van der Waals surface area (Å²) in [5.41, 5.74) is 2.91. The maximum absolute atomic E-state index is 12.2. The van der Waals surface area contributed by atoms with E-state index in [-0.39, 0.29) is 12.5 Å². The van der Waals surface area contributed by atoms with E-state index in [1.54, 1.807) is 0 Å². The molecule has 0 saturated heterocycles. The molecule has 0 saturated carbocycles. The van der Waals surface area contributed by atoms with Crippen LogP contribution in [0.25, 0.3) is 0 Å². The van der Waals surface area contributed by atoms with E-state index in [9.17, 15) is 4.79 Å². The lowest BCUT2D eigenvalue weighted by molar-refractivity contribution is -0.118. The van der Waals surface area contributed by atoms with Gasteiger partial charge in [0.2, 0.25) is 0 Å². The zero-order chi connectivity index (χ0) is 17.5. The first kappa shape index (κ1) is 17.9. The van der Waals surface area contributed by atoms with Crippen LogP contribution in [0.15, 0.2) is 42.5 Å². The molecular weight excluding hydrogens is 302 g/mol. The molecule has 24 heavy (non-hydrogen) atoms. The predicted octanol–water partition coefficient (Wildman–Crippen LogP) is 4.36. The maximum Gasteiger partial charge on any atom is 0.262 e. The minimum absolute atomic E-state index is 0.0597. The molecule has 0 fully saturated rings. The molecule has 0 radical (unpaired) electrons. The molecule has 0 atom stereocenters. The molecule has 1 N–H and O–H groups in total. The minimum atomic E-state index is -0.189. The van der Waals surface area contributed by atoms with Crippen LogP contribution in [0.3, 0.4) is 0 Å². The van der Waals surface area contributed by atoms with Gasteiger partial charge in [-0.05, 0) is 43.0 Å². The number of hydrogen-bond donors (Lipinski definition) is 1. The Labute approximate surface area is 143 Å². The van der Waals surface area contributed by atoms with Gasteiger partial charge in [0.15, 0.2) is 18.1 Å². The molecule has 2 aromatic carbocycles. The highest BCUT2D eigenvalue weighted by molar-refractivity contribution is 5.93. The summed E-state index contributed by atoms with van der Waals surface area (Å²) in [7, 11) is 0. The predicted molar refractivity (Wildman–Crippen MR) is 96.8 cm³/mol. The van der Waals surface area contributed by atoms with Gasteiger partial charge in [-0.25, -0.2) is 0 Å². The van der Waals surface area contributed by atoms with Gasteiger partial charge in [-0.15, -0.1) is 0 Å². The second kappa shape index (κ2) is 8.39. The van der Waals surface area contributed by atoms with Crippen molar-refractivity contribution in [2.24, 2.45) is 5.92 Å². The number of benzene rings is 2. The fourth-order valence-corrected chi connectivity index (χ4v) is 2.28. The fourth-order valence-electron chi connectivity index (χ4n) is 2.28. The lowest BCUT2D eigenvalue weighted by atomic mass is 10.1. The quantitative estimate of drug-likeness (QED) is 0.822. The van der Waals surface area contributed by atoms with Gasteiger partial charge >= 0.3 is 0 Å². The van der Waals surface area contributed by atoms with E-state index >= 15 is 0 Å². The van der Waals surface area contributed by atoms with E-state index in [1.165, 1.54) is 0 Å². The van der Waals surface area contributed by atoms with Crippen LogP contribution in [0.4, 0.5) is 5.69 Å². The molecule has 0 bridgehead atoms. The Bertz CT molecular complexity index is 675. The lowest BCUT2D eigenvalue weighted by Crippen LogP contribution is -2.21. The number of aryl methyl sites for hydroxylation is 2. The monoisotopic (exact) mass is 327 g/mol. The highest BCUT2D eigenvalue weighted by Crippen LogP contribution is 2.27. The summed E-state index contributed by atoms with van der Waals surface area (Å²) in [5.74, 6) is 1.47. The van der Waals surface area contributed by atoms with Crippen LogP contribution in [0, 0.1) is 19.8 Å². The SMILES string of the molecule is Cc1cccc(C)c1NC(=O)COc1ccccc1OCC(C)C. The highest BCUT2D eigenvalue weighted by atomic mass is 16.5. The molecule has 0 heterocycles. The van der Waals surface area contributed by atoms with E-state index in [0.29, 0.717) is 24.0 Å². The summed E-state index contributed by atoms with van der Waals surface area (Å²) < 4.78 is 11.4. The van der Waals surface area contributed by atoms with Crippen LogP contribution in [0.2, 0.25) is 0 Å². The summed E-state index contributed by atoms with van der Waals surface area (Å²) >= 11 is 0. The number of nitrogens with one attached hydrogen (secondary N) is 1. The molecule has 128 valence electrons. The zero-order valence-corrected chi connectivity index (χ0v) is 14.8. The van der Waals surface area contributed by atoms with E-state index in [2.05, 4.69) is 19.2 Å². The average Bonchev–Trinajstić information content (AvgIpc) is 2.55. The van der Waals surface area contributed by atoms with Crippen molar-refractivity contribution in [2.75, 3.05) is 18.5 Å². The molecule has 4 heteroatoms. The number of ether oxygens (including phenoxy) is 2. The number of rotatable bonds is 7. The van der Waals surface area contributed by atoms with Crippen molar-refractivity contribution < 1.29 is 14.3 Å². The Morgan fingerprint density at radius 1 is 0.958 bits per heavy atom. The third-order valence-corrected chi connectivity index (χ3v) is 3.53.